The molecule has 1 fully saturated rings. The van der Waals surface area contributed by atoms with E-state index in [4.69, 9.17) is 4.74 Å². The second-order valence-corrected chi connectivity index (χ2v) is 10.6. The van der Waals surface area contributed by atoms with Crippen LogP contribution in [-0.4, -0.2) is 17.3 Å². The highest BCUT2D eigenvalue weighted by Gasteiger charge is 2.53. The van der Waals surface area contributed by atoms with Crippen LogP contribution in [0, 0.1) is 16.7 Å². The van der Waals surface area contributed by atoms with Gasteiger partial charge in [0.1, 0.15) is 5.44 Å². The smallest absolute Gasteiger partial charge is 0.159 e. The lowest BCUT2D eigenvalue weighted by Gasteiger charge is -2.52. The van der Waals surface area contributed by atoms with E-state index in [2.05, 4.69) is 57.7 Å². The van der Waals surface area contributed by atoms with Crippen LogP contribution in [0.1, 0.15) is 59.3 Å². The summed E-state index contributed by atoms with van der Waals surface area (Å²) in [7, 11) is 0. The van der Waals surface area contributed by atoms with Crippen LogP contribution >= 0.6 is 11.8 Å². The van der Waals surface area contributed by atoms with Gasteiger partial charge in [-0.3, -0.25) is 4.79 Å². The summed E-state index contributed by atoms with van der Waals surface area (Å²) in [5.41, 5.74) is 2.44. The largest absolute Gasteiger partial charge is 0.363 e. The lowest BCUT2D eigenvalue weighted by Crippen LogP contribution is -2.51. The molecule has 1 saturated heterocycles. The molecule has 28 heavy (non-hydrogen) atoms. The maximum Gasteiger partial charge on any atom is 0.159 e. The van der Waals surface area contributed by atoms with Gasteiger partial charge in [0, 0.05) is 22.3 Å². The molecule has 1 aromatic rings. The highest BCUT2D eigenvalue weighted by atomic mass is 32.2. The van der Waals surface area contributed by atoms with E-state index in [1.807, 2.05) is 6.07 Å². The van der Waals surface area contributed by atoms with Gasteiger partial charge in [0.05, 0.1) is 6.10 Å². The van der Waals surface area contributed by atoms with Crippen LogP contribution in [0.4, 0.5) is 0 Å². The average Bonchev–Trinajstić information content (AvgIpc) is 3.07. The topological polar surface area (TPSA) is 26.3 Å². The number of carbonyl (C=O) groups excluding carboxylic acids is 1. The Hall–Kier alpha value is -1.32. The molecule has 0 N–H and O–H groups in total. The number of Topliss-reactive ketones (excluding diaryl/α,β-unsaturated/α-hetero) is 1. The lowest BCUT2D eigenvalue weighted by molar-refractivity contribution is -0.127. The fraction of sp³-hybridized carbons (Fsp3) is 0.560. The molecule has 2 aliphatic carbocycles. The molecule has 3 aliphatic rings. The van der Waals surface area contributed by atoms with Gasteiger partial charge in [-0.15, -0.1) is 6.58 Å². The second-order valence-electron chi connectivity index (χ2n) is 9.38. The van der Waals surface area contributed by atoms with Crippen molar-refractivity contribution in [3.8, 4) is 0 Å². The van der Waals surface area contributed by atoms with Crippen LogP contribution in [-0.2, 0) is 9.53 Å². The van der Waals surface area contributed by atoms with Crippen LogP contribution in [0.2, 0.25) is 0 Å². The summed E-state index contributed by atoms with van der Waals surface area (Å²) >= 11 is 1.80. The van der Waals surface area contributed by atoms with Crippen LogP contribution in [0.5, 0.6) is 0 Å². The molecule has 4 rings (SSSR count). The third-order valence-electron chi connectivity index (χ3n) is 7.50. The number of hydrogen-bond donors (Lipinski definition) is 0. The lowest BCUT2D eigenvalue weighted by atomic mass is 9.59. The van der Waals surface area contributed by atoms with E-state index >= 15 is 0 Å². The maximum absolute atomic E-state index is 12.9. The molecule has 2 nitrogen and oxygen atoms in total. The number of rotatable bonds is 4. The molecule has 1 aliphatic heterocycles. The van der Waals surface area contributed by atoms with Crippen molar-refractivity contribution in [1.82, 2.24) is 0 Å². The van der Waals surface area contributed by atoms with Crippen molar-refractivity contribution in [3.63, 3.8) is 0 Å². The third-order valence-corrected chi connectivity index (χ3v) is 8.59. The molecule has 0 radical (unpaired) electrons. The van der Waals surface area contributed by atoms with Crippen molar-refractivity contribution < 1.29 is 9.53 Å². The molecule has 5 atom stereocenters. The molecule has 0 saturated carbocycles. The van der Waals surface area contributed by atoms with Crippen molar-refractivity contribution in [2.45, 2.75) is 75.7 Å². The SMILES string of the molecule is C=C[C@@]1(C)C[C@H](Sc2ccccc2)O[C@@H]([C@]2(C)C3=C(CCC3=O)CC[C@@H]2C)C1. The molecule has 0 amide bonds. The second kappa shape index (κ2) is 7.50. The molecule has 1 heterocycles. The summed E-state index contributed by atoms with van der Waals surface area (Å²) in [4.78, 5) is 14.1. The van der Waals surface area contributed by atoms with Crippen molar-refractivity contribution in [3.05, 3.63) is 54.1 Å². The molecular formula is C25H32O2S. The highest BCUT2D eigenvalue weighted by Crippen LogP contribution is 2.57. The Balaban J connectivity index is 1.68. The Morgan fingerprint density at radius 3 is 2.61 bits per heavy atom. The maximum atomic E-state index is 12.9. The Morgan fingerprint density at radius 1 is 1.14 bits per heavy atom. The van der Waals surface area contributed by atoms with E-state index in [0.717, 1.165) is 37.7 Å². The zero-order chi connectivity index (χ0) is 19.9. The van der Waals surface area contributed by atoms with E-state index in [9.17, 15) is 4.79 Å². The van der Waals surface area contributed by atoms with E-state index < -0.39 is 0 Å². The Labute approximate surface area is 173 Å². The fourth-order valence-electron chi connectivity index (χ4n) is 5.47. The van der Waals surface area contributed by atoms with Crippen molar-refractivity contribution >= 4 is 17.5 Å². The average molecular weight is 397 g/mol. The minimum atomic E-state index is -0.193. The van der Waals surface area contributed by atoms with Crippen molar-refractivity contribution in [2.24, 2.45) is 16.7 Å². The number of carbonyl (C=O) groups is 1. The Kier molecular flexibility index (Phi) is 5.35. The first-order chi connectivity index (χ1) is 13.4. The standard InChI is InChI=1S/C25H32O2S/c1-5-24(3)15-21(27-22(16-24)28-19-9-7-6-8-10-19)25(4)17(2)11-12-18-13-14-20(26)23(18)25/h5-10,17,21-22H,1,11-16H2,2-4H3/t17-,21+,22-,24+,25+/m0/s1. The van der Waals surface area contributed by atoms with Gasteiger partial charge in [-0.25, -0.2) is 0 Å². The summed E-state index contributed by atoms with van der Waals surface area (Å²) < 4.78 is 6.79. The Bertz CT molecular complexity index is 798. The van der Waals surface area contributed by atoms with Gasteiger partial charge in [-0.2, -0.15) is 0 Å². The van der Waals surface area contributed by atoms with Gasteiger partial charge in [0.25, 0.3) is 0 Å². The van der Waals surface area contributed by atoms with Gasteiger partial charge < -0.3 is 4.74 Å². The number of ketones is 1. The number of thioether (sulfide) groups is 1. The molecule has 1 aromatic carbocycles. The summed E-state index contributed by atoms with van der Waals surface area (Å²) in [5.74, 6) is 0.818. The van der Waals surface area contributed by atoms with E-state index in [0.29, 0.717) is 18.1 Å². The van der Waals surface area contributed by atoms with E-state index in [1.54, 1.807) is 11.8 Å². The summed E-state index contributed by atoms with van der Waals surface area (Å²) in [6, 6.07) is 10.5. The van der Waals surface area contributed by atoms with Crippen molar-refractivity contribution in [2.75, 3.05) is 0 Å². The predicted octanol–water partition coefficient (Wildman–Crippen LogP) is 6.57. The van der Waals surface area contributed by atoms with Crippen molar-refractivity contribution in [1.29, 1.82) is 0 Å². The monoisotopic (exact) mass is 396 g/mol. The molecule has 0 spiro atoms. The predicted molar refractivity (Wildman–Crippen MR) is 116 cm³/mol. The summed E-state index contributed by atoms with van der Waals surface area (Å²) in [6.45, 7) is 11.1. The zero-order valence-electron chi connectivity index (χ0n) is 17.4. The zero-order valence-corrected chi connectivity index (χ0v) is 18.2. The number of hydrogen-bond acceptors (Lipinski definition) is 3. The first-order valence-corrected chi connectivity index (χ1v) is 11.5. The van der Waals surface area contributed by atoms with E-state index in [1.165, 1.54) is 10.5 Å². The third kappa shape index (κ3) is 3.41. The van der Waals surface area contributed by atoms with Crippen LogP contribution in [0.3, 0.4) is 0 Å². The molecular weight excluding hydrogens is 364 g/mol. The van der Waals surface area contributed by atoms with Gasteiger partial charge >= 0.3 is 0 Å². The first kappa shape index (κ1) is 20.0. The van der Waals surface area contributed by atoms with Gasteiger partial charge in [-0.05, 0) is 55.6 Å². The molecule has 150 valence electrons. The van der Waals surface area contributed by atoms with Gasteiger partial charge in [-0.1, -0.05) is 62.4 Å². The van der Waals surface area contributed by atoms with Gasteiger partial charge in [0.15, 0.2) is 5.78 Å². The van der Waals surface area contributed by atoms with Gasteiger partial charge in [0.2, 0.25) is 0 Å². The minimum Gasteiger partial charge on any atom is -0.363 e. The minimum absolute atomic E-state index is 0.0257. The summed E-state index contributed by atoms with van der Waals surface area (Å²) in [5, 5.41) is 0. The number of ether oxygens (including phenoxy) is 1. The number of benzene rings is 1. The highest BCUT2D eigenvalue weighted by molar-refractivity contribution is 7.99. The Morgan fingerprint density at radius 2 is 1.89 bits per heavy atom. The van der Waals surface area contributed by atoms with E-state index in [-0.39, 0.29) is 22.4 Å². The number of allylic oxidation sites excluding steroid dienone is 2. The fourth-order valence-corrected chi connectivity index (χ4v) is 6.74. The quantitative estimate of drug-likeness (QED) is 0.538. The molecule has 3 heteroatoms. The van der Waals surface area contributed by atoms with Crippen LogP contribution in [0.15, 0.2) is 59.0 Å². The molecule has 0 aromatic heterocycles. The molecule has 0 unspecified atom stereocenters. The normalized spacial score (nSPS) is 38.4. The molecule has 0 bridgehead atoms. The first-order valence-electron chi connectivity index (χ1n) is 10.6. The van der Waals surface area contributed by atoms with Crippen LogP contribution < -0.4 is 0 Å². The van der Waals surface area contributed by atoms with Crippen LogP contribution in [0.25, 0.3) is 0 Å². The summed E-state index contributed by atoms with van der Waals surface area (Å²) in [6.07, 6.45) is 7.96.